The zero-order valence-corrected chi connectivity index (χ0v) is 30.5. The predicted octanol–water partition coefficient (Wildman–Crippen LogP) is 13.7. The predicted molar refractivity (Wildman–Crippen MR) is 212 cm³/mol. The first-order valence-corrected chi connectivity index (χ1v) is 17.7. The fraction of sp³-hybridized carbons (Fsp3) is 0.234. The minimum Gasteiger partial charge on any atom is -0.310 e. The van der Waals surface area contributed by atoms with Crippen LogP contribution >= 0.6 is 0 Å². The van der Waals surface area contributed by atoms with Crippen LogP contribution in [-0.2, 0) is 0 Å². The molecule has 49 heavy (non-hydrogen) atoms. The maximum absolute atomic E-state index is 2.38. The van der Waals surface area contributed by atoms with Crippen LogP contribution in [-0.4, -0.2) is 0 Å². The fourth-order valence-electron chi connectivity index (χ4n) is 7.19. The molecule has 1 atom stereocenters. The topological polar surface area (TPSA) is 6.48 Å². The van der Waals surface area contributed by atoms with Gasteiger partial charge in [-0.1, -0.05) is 92.1 Å². The van der Waals surface area contributed by atoms with Gasteiger partial charge >= 0.3 is 0 Å². The number of benzene rings is 6. The summed E-state index contributed by atoms with van der Waals surface area (Å²) in [6, 6.07) is 49.9. The molecule has 6 rings (SSSR count). The van der Waals surface area contributed by atoms with Gasteiger partial charge in [0.05, 0.1) is 0 Å². The van der Waals surface area contributed by atoms with E-state index in [1.54, 1.807) is 0 Å². The van der Waals surface area contributed by atoms with E-state index < -0.39 is 0 Å². The van der Waals surface area contributed by atoms with Crippen molar-refractivity contribution in [1.29, 1.82) is 0 Å². The van der Waals surface area contributed by atoms with Crippen molar-refractivity contribution in [1.82, 2.24) is 0 Å². The Morgan fingerprint density at radius 1 is 0.367 bits per heavy atom. The first kappa shape index (κ1) is 33.8. The van der Waals surface area contributed by atoms with E-state index in [2.05, 4.69) is 199 Å². The maximum Gasteiger partial charge on any atom is 0.0466 e. The second kappa shape index (κ2) is 14.6. The summed E-state index contributed by atoms with van der Waals surface area (Å²) in [6.07, 6.45) is 1.10. The van der Waals surface area contributed by atoms with Gasteiger partial charge in [-0.15, -0.1) is 0 Å². The fourth-order valence-corrected chi connectivity index (χ4v) is 7.19. The molecule has 6 aromatic carbocycles. The number of hydrogen-bond acceptors (Lipinski definition) is 2. The highest BCUT2D eigenvalue weighted by atomic mass is 15.1. The van der Waals surface area contributed by atoms with E-state index in [9.17, 15) is 0 Å². The van der Waals surface area contributed by atoms with E-state index in [-0.39, 0.29) is 5.92 Å². The van der Waals surface area contributed by atoms with Gasteiger partial charge < -0.3 is 9.80 Å². The Kier molecular flexibility index (Phi) is 10.1. The molecule has 0 amide bonds. The van der Waals surface area contributed by atoms with Crippen molar-refractivity contribution in [3.05, 3.63) is 178 Å². The quantitative estimate of drug-likeness (QED) is 0.147. The first-order valence-electron chi connectivity index (χ1n) is 17.7. The summed E-state index contributed by atoms with van der Waals surface area (Å²) in [5, 5.41) is 0. The van der Waals surface area contributed by atoms with Crippen LogP contribution in [0.1, 0.15) is 70.7 Å². The maximum atomic E-state index is 2.38. The van der Waals surface area contributed by atoms with Gasteiger partial charge in [0.1, 0.15) is 0 Å². The highest BCUT2D eigenvalue weighted by molar-refractivity contribution is 5.79. The molecule has 1 unspecified atom stereocenters. The molecule has 0 heterocycles. The second-order valence-electron chi connectivity index (χ2n) is 14.1. The summed E-state index contributed by atoms with van der Waals surface area (Å²) in [5.41, 5.74) is 17.3. The van der Waals surface area contributed by atoms with Crippen LogP contribution < -0.4 is 9.80 Å². The summed E-state index contributed by atoms with van der Waals surface area (Å²) in [4.78, 5) is 4.76. The third-order valence-corrected chi connectivity index (χ3v) is 9.75. The zero-order chi connectivity index (χ0) is 34.7. The summed E-state index contributed by atoms with van der Waals surface area (Å²) in [7, 11) is 0. The van der Waals surface area contributed by atoms with E-state index in [0.717, 1.165) is 17.8 Å². The highest BCUT2D eigenvalue weighted by Gasteiger charge is 2.22. The van der Waals surface area contributed by atoms with E-state index in [1.807, 2.05) is 0 Å². The molecule has 0 fully saturated rings. The lowest BCUT2D eigenvalue weighted by atomic mass is 9.80. The lowest BCUT2D eigenvalue weighted by Gasteiger charge is -2.29. The average molecular weight is 643 g/mol. The van der Waals surface area contributed by atoms with E-state index in [1.165, 1.54) is 67.3 Å². The molecular weight excluding hydrogens is 593 g/mol. The molecule has 0 aliphatic heterocycles. The molecular formula is C47H50N2. The van der Waals surface area contributed by atoms with E-state index in [0.29, 0.717) is 5.92 Å². The van der Waals surface area contributed by atoms with Crippen LogP contribution in [0.15, 0.2) is 133 Å². The van der Waals surface area contributed by atoms with Crippen molar-refractivity contribution >= 4 is 34.1 Å². The number of rotatable bonds is 10. The first-order chi connectivity index (χ1) is 23.6. The largest absolute Gasteiger partial charge is 0.310 e. The van der Waals surface area contributed by atoms with Crippen molar-refractivity contribution in [2.24, 2.45) is 5.92 Å². The van der Waals surface area contributed by atoms with Crippen LogP contribution in [0.3, 0.4) is 0 Å². The molecule has 2 nitrogen and oxygen atoms in total. The molecule has 0 aliphatic rings. The summed E-state index contributed by atoms with van der Waals surface area (Å²) in [6.45, 7) is 17.7. The molecule has 6 aromatic rings. The van der Waals surface area contributed by atoms with Crippen molar-refractivity contribution in [3.8, 4) is 0 Å². The standard InChI is InChI=1S/C47H50N2/c1-9-38(8)47(39-14-22-43(23-15-39)48(41-18-10-32(2)11-19-41)45-28-34(4)26-35(5)29-45)40-16-24-44(25-17-40)49(42-20-12-33(3)13-21-42)46-30-36(6)27-37(7)31-46/h10-31,38,47H,9H2,1-8H3. The van der Waals surface area contributed by atoms with E-state index in [4.69, 9.17) is 0 Å². The van der Waals surface area contributed by atoms with Crippen molar-refractivity contribution in [2.45, 2.75) is 67.7 Å². The Bertz CT molecular complexity index is 1820. The van der Waals surface area contributed by atoms with Gasteiger partial charge in [0.2, 0.25) is 0 Å². The van der Waals surface area contributed by atoms with Gasteiger partial charge in [0.15, 0.2) is 0 Å². The molecule has 0 bridgehead atoms. The third-order valence-electron chi connectivity index (χ3n) is 9.75. The lowest BCUT2D eigenvalue weighted by molar-refractivity contribution is 0.496. The summed E-state index contributed by atoms with van der Waals surface area (Å²) >= 11 is 0. The van der Waals surface area contributed by atoms with Crippen LogP contribution in [0.4, 0.5) is 34.1 Å². The van der Waals surface area contributed by atoms with Gasteiger partial charge in [0, 0.05) is 40.0 Å². The monoisotopic (exact) mass is 642 g/mol. The summed E-state index contributed by atoms with van der Waals surface area (Å²) in [5.74, 6) is 0.771. The lowest BCUT2D eigenvalue weighted by Crippen LogP contribution is -2.14. The second-order valence-corrected chi connectivity index (χ2v) is 14.1. The number of anilines is 6. The minimum atomic E-state index is 0.288. The average Bonchev–Trinajstić information content (AvgIpc) is 3.07. The zero-order valence-electron chi connectivity index (χ0n) is 30.5. The van der Waals surface area contributed by atoms with Gasteiger partial charge in [-0.05, 0) is 154 Å². The van der Waals surface area contributed by atoms with Crippen LogP contribution in [0.5, 0.6) is 0 Å². The van der Waals surface area contributed by atoms with Crippen LogP contribution in [0.2, 0.25) is 0 Å². The van der Waals surface area contributed by atoms with Gasteiger partial charge in [-0.2, -0.15) is 0 Å². The molecule has 0 aliphatic carbocycles. The van der Waals surface area contributed by atoms with Crippen molar-refractivity contribution in [3.63, 3.8) is 0 Å². The van der Waals surface area contributed by atoms with E-state index >= 15 is 0 Å². The third kappa shape index (κ3) is 7.65. The van der Waals surface area contributed by atoms with Crippen LogP contribution in [0, 0.1) is 47.5 Å². The Hall–Kier alpha value is -5.08. The molecule has 248 valence electrons. The van der Waals surface area contributed by atoms with Gasteiger partial charge in [-0.3, -0.25) is 0 Å². The molecule has 0 aromatic heterocycles. The molecule has 0 spiro atoms. The Labute approximate surface area is 294 Å². The van der Waals surface area contributed by atoms with Gasteiger partial charge in [0.25, 0.3) is 0 Å². The Balaban J connectivity index is 1.37. The van der Waals surface area contributed by atoms with Crippen molar-refractivity contribution < 1.29 is 0 Å². The van der Waals surface area contributed by atoms with Crippen LogP contribution in [0.25, 0.3) is 0 Å². The molecule has 0 saturated heterocycles. The SMILES string of the molecule is CCC(C)C(c1ccc(N(c2ccc(C)cc2)c2cc(C)cc(C)c2)cc1)c1ccc(N(c2ccc(C)cc2)c2cc(C)cc(C)c2)cc1. The van der Waals surface area contributed by atoms with Gasteiger partial charge in [-0.25, -0.2) is 0 Å². The highest BCUT2D eigenvalue weighted by Crippen LogP contribution is 2.41. The molecule has 0 radical (unpaired) electrons. The molecule has 0 saturated carbocycles. The molecule has 2 heteroatoms. The smallest absolute Gasteiger partial charge is 0.0466 e. The Morgan fingerprint density at radius 3 is 0.939 bits per heavy atom. The molecule has 0 N–H and O–H groups in total. The Morgan fingerprint density at radius 2 is 0.653 bits per heavy atom. The van der Waals surface area contributed by atoms with Crippen molar-refractivity contribution in [2.75, 3.05) is 9.80 Å². The summed E-state index contributed by atoms with van der Waals surface area (Å²) < 4.78 is 0. The number of nitrogens with zero attached hydrogens (tertiary/aromatic N) is 2. The normalized spacial score (nSPS) is 11.9. The number of aryl methyl sites for hydroxylation is 6. The minimum absolute atomic E-state index is 0.288. The number of hydrogen-bond donors (Lipinski definition) is 0.